The maximum absolute atomic E-state index is 11.6. The van der Waals surface area contributed by atoms with Crippen LogP contribution >= 0.6 is 12.4 Å². The molecule has 0 aliphatic carbocycles. The molecule has 0 amide bonds. The van der Waals surface area contributed by atoms with Gasteiger partial charge in [-0.3, -0.25) is 0 Å². The molecule has 1 fully saturated rings. The highest BCUT2D eigenvalue weighted by Crippen LogP contribution is 2.03. The van der Waals surface area contributed by atoms with Crippen LogP contribution in [0, 0.1) is 0 Å². The lowest BCUT2D eigenvalue weighted by molar-refractivity contribution is 0.163. The lowest BCUT2D eigenvalue weighted by Gasteiger charge is -2.23. The number of halogens is 1. The van der Waals surface area contributed by atoms with Crippen LogP contribution in [0.3, 0.4) is 0 Å². The molecule has 0 bridgehead atoms. The average Bonchev–Trinajstić information content (AvgIpc) is 2.18. The predicted molar refractivity (Wildman–Crippen MR) is 66.6 cm³/mol. The molecule has 0 saturated carbocycles. The standard InChI is InChI=1S/C9H20N2O3S.ClH/c1-2-14-6-7-15(12,13)11-9-4-3-5-10-8-9;/h9-11H,2-8H2,1H3;1H/t9-;/m0./s1. The van der Waals surface area contributed by atoms with Crippen molar-refractivity contribution >= 4 is 22.4 Å². The first-order valence-corrected chi connectivity index (χ1v) is 7.08. The van der Waals surface area contributed by atoms with Crippen molar-refractivity contribution in [2.75, 3.05) is 32.1 Å². The second-order valence-corrected chi connectivity index (χ2v) is 5.55. The first-order valence-electron chi connectivity index (χ1n) is 5.42. The minimum Gasteiger partial charge on any atom is -0.381 e. The second-order valence-electron chi connectivity index (χ2n) is 3.68. The Bertz CT molecular complexity index is 266. The Balaban J connectivity index is 0.00000225. The third kappa shape index (κ3) is 6.65. The van der Waals surface area contributed by atoms with Gasteiger partial charge in [-0.05, 0) is 26.3 Å². The molecule has 98 valence electrons. The van der Waals surface area contributed by atoms with Gasteiger partial charge in [0.1, 0.15) is 0 Å². The van der Waals surface area contributed by atoms with Gasteiger partial charge in [-0.2, -0.15) is 0 Å². The molecule has 0 aromatic rings. The van der Waals surface area contributed by atoms with E-state index in [1.165, 1.54) is 0 Å². The lowest BCUT2D eigenvalue weighted by Crippen LogP contribution is -2.46. The summed E-state index contributed by atoms with van der Waals surface area (Å²) in [6.45, 7) is 4.39. The zero-order chi connectivity index (χ0) is 11.1. The Morgan fingerprint density at radius 1 is 1.50 bits per heavy atom. The van der Waals surface area contributed by atoms with Crippen LogP contribution in [-0.4, -0.2) is 46.5 Å². The van der Waals surface area contributed by atoms with Crippen LogP contribution < -0.4 is 10.0 Å². The van der Waals surface area contributed by atoms with Crippen molar-refractivity contribution in [1.29, 1.82) is 0 Å². The molecule has 0 aromatic heterocycles. The first kappa shape index (κ1) is 16.1. The van der Waals surface area contributed by atoms with E-state index in [2.05, 4.69) is 10.0 Å². The Morgan fingerprint density at radius 2 is 2.25 bits per heavy atom. The predicted octanol–water partition coefficient (Wildman–Crippen LogP) is 0.116. The van der Waals surface area contributed by atoms with Crippen molar-refractivity contribution in [1.82, 2.24) is 10.0 Å². The molecule has 2 N–H and O–H groups in total. The van der Waals surface area contributed by atoms with Gasteiger partial charge in [0.05, 0.1) is 12.4 Å². The minimum absolute atomic E-state index is 0. The van der Waals surface area contributed by atoms with Crippen LogP contribution in [0.5, 0.6) is 0 Å². The fraction of sp³-hybridized carbons (Fsp3) is 1.00. The van der Waals surface area contributed by atoms with Crippen molar-refractivity contribution in [2.45, 2.75) is 25.8 Å². The van der Waals surface area contributed by atoms with Gasteiger partial charge < -0.3 is 10.1 Å². The Kier molecular flexibility index (Phi) is 8.31. The molecule has 1 aliphatic heterocycles. The first-order chi connectivity index (χ1) is 7.14. The smallest absolute Gasteiger partial charge is 0.214 e. The number of nitrogens with one attached hydrogen (secondary N) is 2. The maximum Gasteiger partial charge on any atom is 0.214 e. The van der Waals surface area contributed by atoms with Crippen LogP contribution in [0.25, 0.3) is 0 Å². The summed E-state index contributed by atoms with van der Waals surface area (Å²) in [6.07, 6.45) is 1.94. The molecule has 1 aliphatic rings. The summed E-state index contributed by atoms with van der Waals surface area (Å²) in [5.41, 5.74) is 0. The van der Waals surface area contributed by atoms with Crippen molar-refractivity contribution in [3.8, 4) is 0 Å². The van der Waals surface area contributed by atoms with E-state index < -0.39 is 10.0 Å². The zero-order valence-corrected chi connectivity index (χ0v) is 11.2. The van der Waals surface area contributed by atoms with Gasteiger partial charge in [0.25, 0.3) is 0 Å². The largest absolute Gasteiger partial charge is 0.381 e. The number of sulfonamides is 1. The Hall–Kier alpha value is 0.120. The third-order valence-electron chi connectivity index (χ3n) is 2.34. The van der Waals surface area contributed by atoms with Gasteiger partial charge in [0, 0.05) is 19.2 Å². The van der Waals surface area contributed by atoms with E-state index in [0.29, 0.717) is 6.61 Å². The van der Waals surface area contributed by atoms with E-state index >= 15 is 0 Å². The van der Waals surface area contributed by atoms with Crippen LogP contribution in [-0.2, 0) is 14.8 Å². The summed E-state index contributed by atoms with van der Waals surface area (Å²) < 4.78 is 30.8. The summed E-state index contributed by atoms with van der Waals surface area (Å²) in [5, 5.41) is 3.17. The molecule has 1 rings (SSSR count). The summed E-state index contributed by atoms with van der Waals surface area (Å²) in [6, 6.07) is 0.0466. The number of hydrogen-bond acceptors (Lipinski definition) is 4. The molecule has 0 unspecified atom stereocenters. The Labute approximate surface area is 104 Å². The summed E-state index contributed by atoms with van der Waals surface area (Å²) in [7, 11) is -3.17. The highest BCUT2D eigenvalue weighted by Gasteiger charge is 2.19. The van der Waals surface area contributed by atoms with Gasteiger partial charge in [0.2, 0.25) is 10.0 Å². The molecular weight excluding hydrogens is 252 g/mol. The van der Waals surface area contributed by atoms with Gasteiger partial charge >= 0.3 is 0 Å². The van der Waals surface area contributed by atoms with Crippen molar-refractivity contribution in [2.24, 2.45) is 0 Å². The normalized spacial score (nSPS) is 21.4. The highest BCUT2D eigenvalue weighted by atomic mass is 35.5. The summed E-state index contributed by atoms with van der Waals surface area (Å²) >= 11 is 0. The van der Waals surface area contributed by atoms with E-state index in [0.717, 1.165) is 25.9 Å². The van der Waals surface area contributed by atoms with E-state index in [-0.39, 0.29) is 30.8 Å². The van der Waals surface area contributed by atoms with Gasteiger partial charge in [0.15, 0.2) is 0 Å². The molecule has 16 heavy (non-hydrogen) atoms. The zero-order valence-electron chi connectivity index (χ0n) is 9.57. The number of piperidine rings is 1. The maximum atomic E-state index is 11.6. The molecule has 0 spiro atoms. The quantitative estimate of drug-likeness (QED) is 0.674. The average molecular weight is 273 g/mol. The molecule has 5 nitrogen and oxygen atoms in total. The van der Waals surface area contributed by atoms with Crippen LogP contribution in [0.1, 0.15) is 19.8 Å². The topological polar surface area (TPSA) is 67.4 Å². The van der Waals surface area contributed by atoms with Crippen molar-refractivity contribution in [3.63, 3.8) is 0 Å². The number of rotatable bonds is 6. The molecule has 1 saturated heterocycles. The fourth-order valence-electron chi connectivity index (χ4n) is 1.58. The van der Waals surface area contributed by atoms with Gasteiger partial charge in [-0.25, -0.2) is 13.1 Å². The van der Waals surface area contributed by atoms with Gasteiger partial charge in [-0.1, -0.05) is 0 Å². The molecule has 7 heteroatoms. The van der Waals surface area contributed by atoms with E-state index in [4.69, 9.17) is 4.74 Å². The number of hydrogen-bond donors (Lipinski definition) is 2. The molecular formula is C9H21ClN2O3S. The highest BCUT2D eigenvalue weighted by molar-refractivity contribution is 7.89. The fourth-order valence-corrected chi connectivity index (χ4v) is 2.74. The van der Waals surface area contributed by atoms with E-state index in [1.54, 1.807) is 0 Å². The van der Waals surface area contributed by atoms with Crippen LogP contribution in [0.2, 0.25) is 0 Å². The Morgan fingerprint density at radius 3 is 2.81 bits per heavy atom. The van der Waals surface area contributed by atoms with Crippen LogP contribution in [0.15, 0.2) is 0 Å². The second kappa shape index (κ2) is 8.25. The van der Waals surface area contributed by atoms with Crippen molar-refractivity contribution in [3.05, 3.63) is 0 Å². The summed E-state index contributed by atoms with van der Waals surface area (Å²) in [4.78, 5) is 0. The molecule has 0 aromatic carbocycles. The third-order valence-corrected chi connectivity index (χ3v) is 3.74. The monoisotopic (exact) mass is 272 g/mol. The van der Waals surface area contributed by atoms with Crippen molar-refractivity contribution < 1.29 is 13.2 Å². The molecule has 1 atom stereocenters. The molecule has 0 radical (unpaired) electrons. The SMILES string of the molecule is CCOCCS(=O)(=O)N[C@H]1CCCNC1.Cl. The number of ether oxygens (including phenoxy) is 1. The van der Waals surface area contributed by atoms with Crippen LogP contribution in [0.4, 0.5) is 0 Å². The van der Waals surface area contributed by atoms with E-state index in [1.807, 2.05) is 6.92 Å². The van der Waals surface area contributed by atoms with E-state index in [9.17, 15) is 8.42 Å². The summed E-state index contributed by atoms with van der Waals surface area (Å²) in [5.74, 6) is 0.0529. The lowest BCUT2D eigenvalue weighted by atomic mass is 10.1. The molecule has 1 heterocycles. The van der Waals surface area contributed by atoms with Gasteiger partial charge in [-0.15, -0.1) is 12.4 Å². The minimum atomic E-state index is -3.17.